The van der Waals surface area contributed by atoms with Crippen molar-refractivity contribution in [3.63, 3.8) is 0 Å². The summed E-state index contributed by atoms with van der Waals surface area (Å²) in [5, 5.41) is 0.481. The maximum absolute atomic E-state index is 13.2. The lowest BCUT2D eigenvalue weighted by Gasteiger charge is -2.38. The quantitative estimate of drug-likeness (QED) is 0.470. The van der Waals surface area contributed by atoms with Crippen LogP contribution in [-0.4, -0.2) is 64.8 Å². The Balaban J connectivity index is 1.31. The molecule has 0 bridgehead atoms. The van der Waals surface area contributed by atoms with Gasteiger partial charge in [0, 0.05) is 38.8 Å². The van der Waals surface area contributed by atoms with Gasteiger partial charge in [0.2, 0.25) is 16.8 Å². The molecule has 1 fully saturated rings. The molecule has 2 heterocycles. The van der Waals surface area contributed by atoms with Crippen molar-refractivity contribution in [1.29, 1.82) is 0 Å². The molecule has 1 saturated heterocycles. The first kappa shape index (κ1) is 24.9. The minimum Gasteiger partial charge on any atom is -0.456 e. The first-order chi connectivity index (χ1) is 17.4. The Morgan fingerprint density at radius 2 is 1.69 bits per heavy atom. The van der Waals surface area contributed by atoms with Crippen molar-refractivity contribution >= 4 is 21.6 Å². The largest absolute Gasteiger partial charge is 0.456 e. The molecule has 0 radical (unpaired) electrons. The van der Waals surface area contributed by atoms with E-state index in [2.05, 4.69) is 21.6 Å². The van der Waals surface area contributed by atoms with E-state index in [-0.39, 0.29) is 24.3 Å². The molecular weight excluding hydrogens is 502 g/mol. The summed E-state index contributed by atoms with van der Waals surface area (Å²) in [4.78, 5) is 4.74. The van der Waals surface area contributed by atoms with Crippen LogP contribution in [0.25, 0.3) is 0 Å². The van der Waals surface area contributed by atoms with E-state index in [4.69, 9.17) is 25.8 Å². The molecule has 0 amide bonds. The lowest BCUT2D eigenvalue weighted by Crippen LogP contribution is -2.48. The van der Waals surface area contributed by atoms with E-state index in [1.807, 2.05) is 30.3 Å². The molecule has 0 saturated carbocycles. The number of rotatable bonds is 8. The molecular formula is C26H28ClN3O5S. The smallest absolute Gasteiger partial charge is 0.240 e. The standard InChI is InChI=1S/C26H28ClN3O5S/c1-29-12-14-30(15-13-29)23(19-6-11-25-26(16-19)34-18-33-25)17-28-36(31,32)21-9-7-20(8-10-21)35-24-5-3-2-4-22(24)27/h2-11,16,23,28H,12-15,17-18H2,1H3. The zero-order chi connectivity index (χ0) is 25.1. The number of para-hydroxylation sites is 1. The predicted octanol–water partition coefficient (Wildman–Crippen LogP) is 4.13. The Hall–Kier alpha value is -2.82. The van der Waals surface area contributed by atoms with E-state index in [9.17, 15) is 8.42 Å². The second kappa shape index (κ2) is 10.7. The molecule has 1 N–H and O–H groups in total. The fourth-order valence-electron chi connectivity index (χ4n) is 4.33. The van der Waals surface area contributed by atoms with Crippen LogP contribution in [0.3, 0.4) is 0 Å². The predicted molar refractivity (Wildman–Crippen MR) is 138 cm³/mol. The molecule has 1 unspecified atom stereocenters. The first-order valence-corrected chi connectivity index (χ1v) is 13.6. The van der Waals surface area contributed by atoms with Crippen molar-refractivity contribution in [2.75, 3.05) is 46.6 Å². The Morgan fingerprint density at radius 1 is 0.972 bits per heavy atom. The lowest BCUT2D eigenvalue weighted by molar-refractivity contribution is 0.112. The maximum Gasteiger partial charge on any atom is 0.240 e. The zero-order valence-electron chi connectivity index (χ0n) is 19.9. The van der Waals surface area contributed by atoms with Crippen LogP contribution < -0.4 is 18.9 Å². The van der Waals surface area contributed by atoms with Crippen molar-refractivity contribution in [2.24, 2.45) is 0 Å². The number of fused-ring (bicyclic) bond motifs is 1. The summed E-state index contributed by atoms with van der Waals surface area (Å²) >= 11 is 6.15. The minimum atomic E-state index is -3.75. The normalized spacial score (nSPS) is 17.2. The summed E-state index contributed by atoms with van der Waals surface area (Å²) in [6.07, 6.45) is 0. The van der Waals surface area contributed by atoms with E-state index in [0.717, 1.165) is 31.7 Å². The van der Waals surface area contributed by atoms with Gasteiger partial charge < -0.3 is 19.1 Å². The Bertz CT molecular complexity index is 1310. The highest BCUT2D eigenvalue weighted by Gasteiger charge is 2.27. The van der Waals surface area contributed by atoms with E-state index in [1.165, 1.54) is 12.1 Å². The maximum atomic E-state index is 13.2. The molecule has 190 valence electrons. The highest BCUT2D eigenvalue weighted by Crippen LogP contribution is 2.36. The number of benzene rings is 3. The molecule has 0 spiro atoms. The lowest BCUT2D eigenvalue weighted by atomic mass is 10.0. The number of halogens is 1. The molecule has 2 aliphatic rings. The number of hydrogen-bond acceptors (Lipinski definition) is 7. The van der Waals surface area contributed by atoms with Crippen LogP contribution in [0.1, 0.15) is 11.6 Å². The summed E-state index contributed by atoms with van der Waals surface area (Å²) in [5.74, 6) is 2.39. The number of likely N-dealkylation sites (N-methyl/N-ethyl adjacent to an activating group) is 1. The molecule has 0 aromatic heterocycles. The van der Waals surface area contributed by atoms with Gasteiger partial charge in [-0.05, 0) is 61.1 Å². The Morgan fingerprint density at radius 3 is 2.44 bits per heavy atom. The molecule has 5 rings (SSSR count). The summed E-state index contributed by atoms with van der Waals surface area (Å²) in [7, 11) is -1.65. The number of sulfonamides is 1. The topological polar surface area (TPSA) is 80.3 Å². The van der Waals surface area contributed by atoms with Crippen LogP contribution in [0.15, 0.2) is 71.6 Å². The van der Waals surface area contributed by atoms with Crippen LogP contribution in [-0.2, 0) is 10.0 Å². The number of hydrogen-bond donors (Lipinski definition) is 1. The number of piperazine rings is 1. The number of ether oxygens (including phenoxy) is 3. The van der Waals surface area contributed by atoms with Crippen molar-refractivity contribution in [3.8, 4) is 23.0 Å². The third-order valence-electron chi connectivity index (χ3n) is 6.43. The molecule has 3 aromatic rings. The summed E-state index contributed by atoms with van der Waals surface area (Å²) in [6, 6.07) is 19.1. The van der Waals surface area contributed by atoms with Crippen LogP contribution in [0.2, 0.25) is 5.02 Å². The van der Waals surface area contributed by atoms with Crippen LogP contribution in [0.4, 0.5) is 0 Å². The Labute approximate surface area is 216 Å². The van der Waals surface area contributed by atoms with Gasteiger partial charge in [0.15, 0.2) is 11.5 Å². The SMILES string of the molecule is CN1CCN(C(CNS(=O)(=O)c2ccc(Oc3ccccc3Cl)cc2)c2ccc3c(c2)OCO3)CC1. The van der Waals surface area contributed by atoms with Gasteiger partial charge >= 0.3 is 0 Å². The first-order valence-electron chi connectivity index (χ1n) is 11.7. The van der Waals surface area contributed by atoms with Crippen molar-refractivity contribution in [3.05, 3.63) is 77.3 Å². The van der Waals surface area contributed by atoms with Gasteiger partial charge in [0.1, 0.15) is 11.5 Å². The van der Waals surface area contributed by atoms with Crippen LogP contribution >= 0.6 is 11.6 Å². The van der Waals surface area contributed by atoms with Crippen molar-refractivity contribution in [2.45, 2.75) is 10.9 Å². The fourth-order valence-corrected chi connectivity index (χ4v) is 5.54. The van der Waals surface area contributed by atoms with Crippen LogP contribution in [0.5, 0.6) is 23.0 Å². The van der Waals surface area contributed by atoms with Crippen molar-refractivity contribution < 1.29 is 22.6 Å². The zero-order valence-corrected chi connectivity index (χ0v) is 21.5. The summed E-state index contributed by atoms with van der Waals surface area (Å²) < 4.78 is 45.9. The van der Waals surface area contributed by atoms with Gasteiger partial charge in [-0.1, -0.05) is 29.8 Å². The van der Waals surface area contributed by atoms with Gasteiger partial charge in [-0.3, -0.25) is 4.90 Å². The average molecular weight is 530 g/mol. The minimum absolute atomic E-state index is 0.147. The third-order valence-corrected chi connectivity index (χ3v) is 8.18. The molecule has 2 aliphatic heterocycles. The third kappa shape index (κ3) is 5.61. The number of nitrogens with zero attached hydrogens (tertiary/aromatic N) is 2. The van der Waals surface area contributed by atoms with Crippen molar-refractivity contribution in [1.82, 2.24) is 14.5 Å². The van der Waals surface area contributed by atoms with Crippen LogP contribution in [0, 0.1) is 0 Å². The summed E-state index contributed by atoms with van der Waals surface area (Å²) in [6.45, 7) is 3.93. The number of nitrogens with one attached hydrogen (secondary N) is 1. The molecule has 36 heavy (non-hydrogen) atoms. The molecule has 3 aromatic carbocycles. The van der Waals surface area contributed by atoms with Gasteiger partial charge in [-0.2, -0.15) is 0 Å². The fraction of sp³-hybridized carbons (Fsp3) is 0.308. The van der Waals surface area contributed by atoms with Gasteiger partial charge in [-0.25, -0.2) is 13.1 Å². The van der Waals surface area contributed by atoms with Gasteiger partial charge in [-0.15, -0.1) is 0 Å². The van der Waals surface area contributed by atoms with E-state index in [0.29, 0.717) is 28.0 Å². The average Bonchev–Trinajstić information content (AvgIpc) is 3.35. The highest BCUT2D eigenvalue weighted by atomic mass is 35.5. The van der Waals surface area contributed by atoms with Gasteiger partial charge in [0.25, 0.3) is 0 Å². The molecule has 1 atom stereocenters. The highest BCUT2D eigenvalue weighted by molar-refractivity contribution is 7.89. The molecule has 10 heteroatoms. The summed E-state index contributed by atoms with van der Waals surface area (Å²) in [5.41, 5.74) is 0.981. The second-order valence-electron chi connectivity index (χ2n) is 8.82. The monoisotopic (exact) mass is 529 g/mol. The molecule has 8 nitrogen and oxygen atoms in total. The van der Waals surface area contributed by atoms with E-state index in [1.54, 1.807) is 24.3 Å². The van der Waals surface area contributed by atoms with E-state index >= 15 is 0 Å². The second-order valence-corrected chi connectivity index (χ2v) is 11.0. The molecule has 0 aliphatic carbocycles. The van der Waals surface area contributed by atoms with E-state index < -0.39 is 10.0 Å². The van der Waals surface area contributed by atoms with Gasteiger partial charge in [0.05, 0.1) is 9.92 Å². The Kier molecular flexibility index (Phi) is 7.36.